The van der Waals surface area contributed by atoms with Crippen molar-refractivity contribution in [3.05, 3.63) is 22.4 Å². The third-order valence-corrected chi connectivity index (χ3v) is 4.52. The summed E-state index contributed by atoms with van der Waals surface area (Å²) >= 11 is 2.74. The van der Waals surface area contributed by atoms with Gasteiger partial charge in [-0.15, -0.1) is 11.8 Å². The lowest BCUT2D eigenvalue weighted by Gasteiger charge is -2.21. The van der Waals surface area contributed by atoms with Crippen molar-refractivity contribution in [2.24, 2.45) is 0 Å². The Hall–Kier alpha value is -1.01. The van der Waals surface area contributed by atoms with Gasteiger partial charge in [0.15, 0.2) is 0 Å². The van der Waals surface area contributed by atoms with E-state index in [1.165, 1.54) is 0 Å². The van der Waals surface area contributed by atoms with E-state index in [4.69, 9.17) is 5.11 Å². The van der Waals surface area contributed by atoms with E-state index >= 15 is 0 Å². The third kappa shape index (κ3) is 4.34. The highest BCUT2D eigenvalue weighted by molar-refractivity contribution is 8.01. The maximum absolute atomic E-state index is 11.9. The molecule has 1 amide bonds. The Kier molecular flexibility index (Phi) is 5.22. The fourth-order valence-corrected chi connectivity index (χ4v) is 2.65. The van der Waals surface area contributed by atoms with Crippen molar-refractivity contribution in [1.82, 2.24) is 4.90 Å². The molecule has 0 aromatic carbocycles. The molecule has 0 aliphatic heterocycles. The molecule has 0 spiro atoms. The van der Waals surface area contributed by atoms with Gasteiger partial charge in [0.05, 0.1) is 5.75 Å². The van der Waals surface area contributed by atoms with Gasteiger partial charge in [-0.1, -0.05) is 0 Å². The number of thiophene rings is 1. The van der Waals surface area contributed by atoms with Gasteiger partial charge in [0, 0.05) is 13.6 Å². The number of nitrogens with zero attached hydrogens (tertiary/aromatic N) is 1. The molecule has 0 bridgehead atoms. The molecule has 1 aromatic heterocycles. The summed E-state index contributed by atoms with van der Waals surface area (Å²) in [5.74, 6) is -0.777. The zero-order chi connectivity index (χ0) is 13.8. The molecular weight excluding hydrogens is 270 g/mol. The predicted molar refractivity (Wildman–Crippen MR) is 75.0 cm³/mol. The summed E-state index contributed by atoms with van der Waals surface area (Å²) < 4.78 is -0.932. The number of carboxylic acid groups (broad SMARTS) is 1. The van der Waals surface area contributed by atoms with E-state index in [0.717, 1.165) is 17.3 Å². The number of rotatable bonds is 6. The van der Waals surface area contributed by atoms with Gasteiger partial charge in [0.25, 0.3) is 0 Å². The lowest BCUT2D eigenvalue weighted by Crippen LogP contribution is -2.33. The highest BCUT2D eigenvalue weighted by Crippen LogP contribution is 2.24. The SMILES string of the molecule is CN(Cc1ccsc1)C(=O)CSC(C)(C)C(=O)O. The van der Waals surface area contributed by atoms with Crippen molar-refractivity contribution in [1.29, 1.82) is 0 Å². The molecule has 0 unspecified atom stereocenters. The molecule has 0 saturated carbocycles. The van der Waals surface area contributed by atoms with Crippen molar-refractivity contribution >= 4 is 35.0 Å². The number of thioether (sulfide) groups is 1. The number of aliphatic carboxylic acids is 1. The lowest BCUT2D eigenvalue weighted by molar-refractivity contribution is -0.138. The maximum atomic E-state index is 11.9. The molecule has 1 heterocycles. The van der Waals surface area contributed by atoms with Gasteiger partial charge in [0.1, 0.15) is 4.75 Å². The first kappa shape index (κ1) is 15.0. The Labute approximate surface area is 115 Å². The van der Waals surface area contributed by atoms with Gasteiger partial charge in [-0.2, -0.15) is 11.3 Å². The molecular formula is C12H17NO3S2. The van der Waals surface area contributed by atoms with Crippen LogP contribution in [0.3, 0.4) is 0 Å². The summed E-state index contributed by atoms with van der Waals surface area (Å²) in [4.78, 5) is 24.4. The maximum Gasteiger partial charge on any atom is 0.319 e. The molecule has 0 aliphatic carbocycles. The minimum atomic E-state index is -0.932. The van der Waals surface area contributed by atoms with Gasteiger partial charge in [-0.05, 0) is 36.2 Å². The summed E-state index contributed by atoms with van der Waals surface area (Å²) in [5.41, 5.74) is 1.10. The molecule has 100 valence electrons. The molecule has 1 rings (SSSR count). The van der Waals surface area contributed by atoms with Crippen LogP contribution in [0.2, 0.25) is 0 Å². The smallest absolute Gasteiger partial charge is 0.319 e. The van der Waals surface area contributed by atoms with Gasteiger partial charge in [-0.25, -0.2) is 0 Å². The Morgan fingerprint density at radius 2 is 2.17 bits per heavy atom. The van der Waals surface area contributed by atoms with Crippen LogP contribution < -0.4 is 0 Å². The molecule has 0 atom stereocenters. The molecule has 4 nitrogen and oxygen atoms in total. The van der Waals surface area contributed by atoms with Crippen molar-refractivity contribution < 1.29 is 14.7 Å². The van der Waals surface area contributed by atoms with Crippen LogP contribution in [0.4, 0.5) is 0 Å². The van der Waals surface area contributed by atoms with Crippen LogP contribution in [-0.4, -0.2) is 39.4 Å². The molecule has 0 aliphatic rings. The summed E-state index contributed by atoms with van der Waals surface area (Å²) in [7, 11) is 1.73. The Morgan fingerprint density at radius 3 is 2.67 bits per heavy atom. The van der Waals surface area contributed by atoms with Crippen molar-refractivity contribution in [3.8, 4) is 0 Å². The molecule has 1 N–H and O–H groups in total. The van der Waals surface area contributed by atoms with E-state index in [-0.39, 0.29) is 11.7 Å². The fourth-order valence-electron chi connectivity index (χ4n) is 1.16. The first-order valence-corrected chi connectivity index (χ1v) is 7.38. The minimum Gasteiger partial charge on any atom is -0.480 e. The molecule has 18 heavy (non-hydrogen) atoms. The number of amides is 1. The number of carboxylic acids is 1. The standard InChI is InChI=1S/C12H17NO3S2/c1-12(2,11(15)16)18-8-10(14)13(3)6-9-4-5-17-7-9/h4-5,7H,6,8H2,1-3H3,(H,15,16). The first-order chi connectivity index (χ1) is 8.33. The second kappa shape index (κ2) is 6.24. The van der Waals surface area contributed by atoms with Crippen LogP contribution in [0.1, 0.15) is 19.4 Å². The second-order valence-corrected chi connectivity index (χ2v) is 6.86. The van der Waals surface area contributed by atoms with Gasteiger partial charge in [0.2, 0.25) is 5.91 Å². The Balaban J connectivity index is 2.43. The van der Waals surface area contributed by atoms with E-state index in [1.54, 1.807) is 37.1 Å². The van der Waals surface area contributed by atoms with Crippen LogP contribution in [0.5, 0.6) is 0 Å². The lowest BCUT2D eigenvalue weighted by atomic mass is 10.2. The third-order valence-electron chi connectivity index (χ3n) is 2.50. The van der Waals surface area contributed by atoms with Crippen LogP contribution >= 0.6 is 23.1 Å². The van der Waals surface area contributed by atoms with E-state index in [2.05, 4.69) is 0 Å². The van der Waals surface area contributed by atoms with E-state index < -0.39 is 10.7 Å². The normalized spacial score (nSPS) is 11.3. The van der Waals surface area contributed by atoms with Crippen LogP contribution in [0.25, 0.3) is 0 Å². The van der Waals surface area contributed by atoms with Gasteiger partial charge < -0.3 is 10.0 Å². The Morgan fingerprint density at radius 1 is 1.50 bits per heavy atom. The summed E-state index contributed by atoms with van der Waals surface area (Å²) in [6.45, 7) is 3.77. The zero-order valence-electron chi connectivity index (χ0n) is 10.7. The summed E-state index contributed by atoms with van der Waals surface area (Å²) in [6, 6.07) is 1.97. The topological polar surface area (TPSA) is 57.6 Å². The molecule has 0 radical (unpaired) electrons. The van der Waals surface area contributed by atoms with Gasteiger partial charge >= 0.3 is 5.97 Å². The largest absolute Gasteiger partial charge is 0.480 e. The van der Waals surface area contributed by atoms with Crippen LogP contribution in [-0.2, 0) is 16.1 Å². The van der Waals surface area contributed by atoms with Gasteiger partial charge in [-0.3, -0.25) is 9.59 Å². The average Bonchev–Trinajstić information content (AvgIpc) is 2.78. The van der Waals surface area contributed by atoms with Crippen LogP contribution in [0.15, 0.2) is 16.8 Å². The highest BCUT2D eigenvalue weighted by Gasteiger charge is 2.29. The van der Waals surface area contributed by atoms with Crippen molar-refractivity contribution in [2.75, 3.05) is 12.8 Å². The van der Waals surface area contributed by atoms with Crippen molar-refractivity contribution in [3.63, 3.8) is 0 Å². The van der Waals surface area contributed by atoms with E-state index in [0.29, 0.717) is 6.54 Å². The second-order valence-electron chi connectivity index (χ2n) is 4.49. The van der Waals surface area contributed by atoms with E-state index in [9.17, 15) is 9.59 Å². The monoisotopic (exact) mass is 287 g/mol. The number of carbonyl (C=O) groups is 2. The fraction of sp³-hybridized carbons (Fsp3) is 0.500. The molecule has 0 saturated heterocycles. The quantitative estimate of drug-likeness (QED) is 0.872. The molecule has 1 aromatic rings. The van der Waals surface area contributed by atoms with E-state index in [1.807, 2.05) is 16.8 Å². The zero-order valence-corrected chi connectivity index (χ0v) is 12.3. The van der Waals surface area contributed by atoms with Crippen molar-refractivity contribution in [2.45, 2.75) is 25.1 Å². The predicted octanol–water partition coefficient (Wildman–Crippen LogP) is 2.30. The minimum absolute atomic E-state index is 0.0551. The average molecular weight is 287 g/mol. The highest BCUT2D eigenvalue weighted by atomic mass is 32.2. The van der Waals surface area contributed by atoms with Crippen LogP contribution in [0, 0.1) is 0 Å². The Bertz CT molecular complexity index is 415. The molecule has 6 heteroatoms. The summed E-state index contributed by atoms with van der Waals surface area (Å²) in [6.07, 6.45) is 0. The number of hydrogen-bond donors (Lipinski definition) is 1. The number of hydrogen-bond acceptors (Lipinski definition) is 4. The first-order valence-electron chi connectivity index (χ1n) is 5.45. The number of carbonyl (C=O) groups excluding carboxylic acids is 1. The summed E-state index contributed by atoms with van der Waals surface area (Å²) in [5, 5.41) is 12.9. The molecule has 0 fully saturated rings.